The number of fused-ring (bicyclic) bond motifs is 1. The summed E-state index contributed by atoms with van der Waals surface area (Å²) in [4.78, 5) is 88.7. The van der Waals surface area contributed by atoms with Gasteiger partial charge in [0.05, 0.1) is 19.5 Å². The van der Waals surface area contributed by atoms with E-state index in [0.29, 0.717) is 0 Å². The predicted octanol–water partition coefficient (Wildman–Crippen LogP) is 4.20. The van der Waals surface area contributed by atoms with Gasteiger partial charge in [-0.15, -0.1) is 0 Å². The molecule has 2 aromatic heterocycles. The number of phosphoric acid groups is 3. The lowest BCUT2D eigenvalue weighted by molar-refractivity contribution is -0.137. The van der Waals surface area contributed by atoms with E-state index >= 15 is 0 Å². The van der Waals surface area contributed by atoms with Crippen molar-refractivity contribution < 1.29 is 80.5 Å². The molecule has 3 heterocycles. The quantitative estimate of drug-likeness (QED) is 0.0308. The minimum absolute atomic E-state index is 0.0282. The van der Waals surface area contributed by atoms with Crippen molar-refractivity contribution in [3.63, 3.8) is 0 Å². The lowest BCUT2D eigenvalue weighted by Gasteiger charge is -2.32. The number of carbonyl (C=O) groups is 3. The summed E-state index contributed by atoms with van der Waals surface area (Å²) in [5, 5.41) is 26.4. The molecular weight excluding hydrogens is 987 g/mol. The molecule has 0 spiro atoms. The van der Waals surface area contributed by atoms with E-state index in [0.717, 1.165) is 53.0 Å². The number of anilines is 1. The van der Waals surface area contributed by atoms with Crippen LogP contribution in [-0.4, -0.2) is 123 Å². The first-order valence-corrected chi connectivity index (χ1v) is 27.0. The first kappa shape index (κ1) is 57.8. The summed E-state index contributed by atoms with van der Waals surface area (Å²) in [6.45, 7) is 11.0. The second kappa shape index (κ2) is 24.6. The highest BCUT2D eigenvalue weighted by atomic mass is 32.2. The number of hydrogen-bond donors (Lipinski definition) is 9. The fourth-order valence-corrected chi connectivity index (χ4v) is 10.7. The SMILES string of the molecule is CC1=C(/C=C/C(C)=C/C=C/C(C)=C/C(=O)SCCNC(=O)CCNC(=O)[C@H](O)C(C)(C)COP(=O)(O)OP(=O)(O)OC[C@H]2O[C@@H](n3cnc4c(N)ncnc43)[C@H](O)[C@@H]2OP(=O)(O)O)C(C)(C)CCC1. The fourth-order valence-electron chi connectivity index (χ4n) is 7.19. The topological polar surface area (TPSA) is 364 Å². The molecule has 10 N–H and O–H groups in total. The molecule has 1 aliphatic heterocycles. The van der Waals surface area contributed by atoms with Crippen molar-refractivity contribution in [2.24, 2.45) is 10.8 Å². The average molecular weight is 1050 g/mol. The first-order chi connectivity index (χ1) is 32.0. The van der Waals surface area contributed by atoms with Gasteiger partial charge in [0, 0.05) is 30.7 Å². The van der Waals surface area contributed by atoms with Gasteiger partial charge in [0.1, 0.15) is 36.3 Å². The van der Waals surface area contributed by atoms with E-state index in [2.05, 4.69) is 67.3 Å². The zero-order chi connectivity index (χ0) is 51.5. The number of ether oxygens (including phenoxy) is 1. The van der Waals surface area contributed by atoms with Crippen molar-refractivity contribution in [2.75, 3.05) is 37.8 Å². The van der Waals surface area contributed by atoms with Gasteiger partial charge >= 0.3 is 23.5 Å². The lowest BCUT2D eigenvalue weighted by atomic mass is 9.72. The summed E-state index contributed by atoms with van der Waals surface area (Å²) in [7, 11) is -16.4. The molecule has 2 amide bonds. The Bertz CT molecular complexity index is 2490. The van der Waals surface area contributed by atoms with Gasteiger partial charge in [0.15, 0.2) is 17.7 Å². The van der Waals surface area contributed by atoms with E-state index in [1.54, 1.807) is 0 Å². The monoisotopic (exact) mass is 1050 g/mol. The van der Waals surface area contributed by atoms with Gasteiger partial charge in [0.25, 0.3) is 0 Å². The Morgan fingerprint density at radius 3 is 2.42 bits per heavy atom. The molecule has 28 heteroatoms. The summed E-state index contributed by atoms with van der Waals surface area (Å²) in [5.74, 6) is -1.20. The molecule has 0 saturated carbocycles. The van der Waals surface area contributed by atoms with E-state index in [9.17, 15) is 57.9 Å². The second-order valence-corrected chi connectivity index (χ2v) is 23.0. The van der Waals surface area contributed by atoms with Crippen LogP contribution >= 0.6 is 35.2 Å². The van der Waals surface area contributed by atoms with Gasteiger partial charge in [-0.3, -0.25) is 32.5 Å². The van der Waals surface area contributed by atoms with E-state index in [1.807, 2.05) is 32.1 Å². The van der Waals surface area contributed by atoms with E-state index in [-0.39, 0.29) is 52.8 Å². The Hall–Kier alpha value is -3.74. The molecule has 1 aliphatic carbocycles. The molecule has 1 fully saturated rings. The minimum atomic E-state index is -5.59. The van der Waals surface area contributed by atoms with Gasteiger partial charge in [-0.25, -0.2) is 28.6 Å². The van der Waals surface area contributed by atoms with Crippen LogP contribution in [0.25, 0.3) is 11.2 Å². The average Bonchev–Trinajstić information content (AvgIpc) is 3.80. The molecule has 1 saturated heterocycles. The summed E-state index contributed by atoms with van der Waals surface area (Å²) >= 11 is 1.02. The third-order valence-electron chi connectivity index (χ3n) is 10.9. The zero-order valence-corrected chi connectivity index (χ0v) is 42.7. The van der Waals surface area contributed by atoms with Crippen molar-refractivity contribution in [2.45, 2.75) is 105 Å². The second-order valence-electron chi connectivity index (χ2n) is 17.7. The standard InChI is InChI=1S/C41H62N7O17P3S/c1-25(13-14-28-27(3)12-9-16-40(28,4)5)10-8-11-26(2)20-31(50)69-19-18-43-30(49)15-17-44-38(53)35(52)41(6,7)22-62-68(59,60)65-67(57,58)61-21-29-34(64-66(54,55)56)33(51)39(63-29)48-24-47-32-36(42)45-23-46-37(32)48/h8,10-11,13-14,20,23-24,29,33-35,39,51-52H,9,12,15-19,21-22H2,1-7H3,(H,43,49)(H,44,53)(H,57,58)(H,59,60)(H2,42,45,46)(H2,54,55,56)/b11-8+,14-13+,25-10+,26-20+/t29-,33-,34-,35+,39-/m1/s1. The van der Waals surface area contributed by atoms with Crippen LogP contribution < -0.4 is 16.4 Å². The molecule has 2 aliphatic rings. The number of imidazole rings is 1. The van der Waals surface area contributed by atoms with E-state index in [1.165, 1.54) is 37.5 Å². The molecule has 4 rings (SSSR count). The molecule has 69 heavy (non-hydrogen) atoms. The normalized spacial score (nSPS) is 22.8. The summed E-state index contributed by atoms with van der Waals surface area (Å²) in [6, 6.07) is 0. The summed E-state index contributed by atoms with van der Waals surface area (Å²) < 4.78 is 62.5. The number of nitrogens with two attached hydrogens (primary N) is 1. The first-order valence-electron chi connectivity index (χ1n) is 21.5. The van der Waals surface area contributed by atoms with Crippen molar-refractivity contribution >= 4 is 69.1 Å². The van der Waals surface area contributed by atoms with Gasteiger partial charge in [-0.1, -0.05) is 81.0 Å². The maximum atomic E-state index is 12.8. The maximum absolute atomic E-state index is 12.8. The Kier molecular flexibility index (Phi) is 20.6. The highest BCUT2D eigenvalue weighted by Crippen LogP contribution is 2.61. The zero-order valence-electron chi connectivity index (χ0n) is 39.2. The summed E-state index contributed by atoms with van der Waals surface area (Å²) in [6.07, 6.45) is 8.03. The molecule has 2 unspecified atom stereocenters. The Morgan fingerprint density at radius 1 is 1.04 bits per heavy atom. The van der Waals surface area contributed by atoms with Gasteiger partial charge in [-0.2, -0.15) is 4.31 Å². The lowest BCUT2D eigenvalue weighted by Crippen LogP contribution is -2.46. The van der Waals surface area contributed by atoms with Crippen LogP contribution in [0.4, 0.5) is 5.82 Å². The van der Waals surface area contributed by atoms with E-state index in [4.69, 9.17) is 19.5 Å². The number of aromatic nitrogens is 4. The van der Waals surface area contributed by atoms with Crippen LogP contribution in [0.5, 0.6) is 0 Å². The number of thioether (sulfide) groups is 1. The number of rotatable bonds is 24. The van der Waals surface area contributed by atoms with Crippen LogP contribution in [0.3, 0.4) is 0 Å². The van der Waals surface area contributed by atoms with Gasteiger partial charge in [0.2, 0.25) is 16.9 Å². The highest BCUT2D eigenvalue weighted by Gasteiger charge is 2.50. The van der Waals surface area contributed by atoms with Gasteiger partial charge < -0.3 is 50.9 Å². The fraction of sp³-hybridized carbons (Fsp3) is 0.561. The number of phosphoric ester groups is 3. The third-order valence-corrected chi connectivity index (χ3v) is 14.8. The molecule has 2 aromatic rings. The van der Waals surface area contributed by atoms with Crippen molar-refractivity contribution in [1.29, 1.82) is 0 Å². The third kappa shape index (κ3) is 17.8. The molecule has 0 bridgehead atoms. The van der Waals surface area contributed by atoms with Crippen LogP contribution in [0.2, 0.25) is 0 Å². The van der Waals surface area contributed by atoms with Crippen molar-refractivity contribution in [1.82, 2.24) is 30.2 Å². The highest BCUT2D eigenvalue weighted by molar-refractivity contribution is 8.14. The predicted molar refractivity (Wildman–Crippen MR) is 253 cm³/mol. The Morgan fingerprint density at radius 2 is 1.74 bits per heavy atom. The number of nitrogen functional groups attached to an aromatic ring is 1. The number of hydrogen-bond acceptors (Lipinski definition) is 18. The smallest absolute Gasteiger partial charge is 0.386 e. The van der Waals surface area contributed by atoms with E-state index < -0.39 is 84.6 Å². The number of carbonyl (C=O) groups excluding carboxylic acids is 3. The van der Waals surface area contributed by atoms with Crippen molar-refractivity contribution in [3.05, 3.63) is 71.4 Å². The number of aliphatic hydroxyl groups is 2. The number of allylic oxidation sites excluding steroid dienone is 9. The van der Waals surface area contributed by atoms with Gasteiger partial charge in [-0.05, 0) is 62.7 Å². The van der Waals surface area contributed by atoms with Crippen molar-refractivity contribution in [3.8, 4) is 0 Å². The van der Waals surface area contributed by atoms with Crippen LogP contribution in [0, 0.1) is 10.8 Å². The molecule has 0 radical (unpaired) electrons. The molecular formula is C41H62N7O17P3S. The molecule has 7 atom stereocenters. The Labute approximate surface area is 403 Å². The number of nitrogens with one attached hydrogen (secondary N) is 2. The molecule has 24 nitrogen and oxygen atoms in total. The number of aliphatic hydroxyl groups excluding tert-OH is 2. The largest absolute Gasteiger partial charge is 0.481 e. The maximum Gasteiger partial charge on any atom is 0.481 e. The number of amides is 2. The number of nitrogens with zero attached hydrogens (tertiary/aromatic N) is 4. The Balaban J connectivity index is 1.16. The molecule has 0 aromatic carbocycles. The van der Waals surface area contributed by atoms with Crippen LogP contribution in [0.1, 0.15) is 80.4 Å². The van der Waals surface area contributed by atoms with Crippen LogP contribution in [-0.2, 0) is 50.7 Å². The molecule has 384 valence electrons. The summed E-state index contributed by atoms with van der Waals surface area (Å²) in [5.41, 5.74) is 9.06. The van der Waals surface area contributed by atoms with Crippen LogP contribution in [0.15, 0.2) is 71.4 Å². The minimum Gasteiger partial charge on any atom is -0.386 e.